The highest BCUT2D eigenvalue weighted by Crippen LogP contribution is 2.13. The van der Waals surface area contributed by atoms with Crippen molar-refractivity contribution >= 4 is 5.91 Å². The maximum absolute atomic E-state index is 12.1. The van der Waals surface area contributed by atoms with Gasteiger partial charge in [0.05, 0.1) is 0 Å². The molecule has 1 aromatic rings. The predicted molar refractivity (Wildman–Crippen MR) is 67.7 cm³/mol. The molecule has 1 rings (SSSR count). The Bertz CT molecular complexity index is 362. The second kappa shape index (κ2) is 5.15. The van der Waals surface area contributed by atoms with Crippen LogP contribution < -0.4 is 5.32 Å². The van der Waals surface area contributed by atoms with Crippen LogP contribution >= 0.6 is 0 Å². The first-order chi connectivity index (χ1) is 7.43. The first-order valence-corrected chi connectivity index (χ1v) is 5.80. The van der Waals surface area contributed by atoms with Gasteiger partial charge in [-0.1, -0.05) is 32.0 Å². The van der Waals surface area contributed by atoms with E-state index in [1.54, 1.807) is 0 Å². The standard InChI is InChI=1S/C14H21NO/c1-9(2)12(5)15-14(16)13-10(3)7-6-8-11(13)4/h6-9,12H,1-5H3,(H,15,16). The van der Waals surface area contributed by atoms with Gasteiger partial charge in [0.15, 0.2) is 0 Å². The van der Waals surface area contributed by atoms with Crippen molar-refractivity contribution in [3.8, 4) is 0 Å². The zero-order chi connectivity index (χ0) is 12.3. The third-order valence-electron chi connectivity index (χ3n) is 3.07. The van der Waals surface area contributed by atoms with Gasteiger partial charge in [-0.2, -0.15) is 0 Å². The van der Waals surface area contributed by atoms with Gasteiger partial charge >= 0.3 is 0 Å². The van der Waals surface area contributed by atoms with E-state index in [4.69, 9.17) is 0 Å². The fourth-order valence-corrected chi connectivity index (χ4v) is 1.62. The lowest BCUT2D eigenvalue weighted by atomic mass is 10.0. The molecule has 0 saturated heterocycles. The van der Waals surface area contributed by atoms with Crippen LogP contribution in [0.5, 0.6) is 0 Å². The summed E-state index contributed by atoms with van der Waals surface area (Å²) in [6.07, 6.45) is 0. The summed E-state index contributed by atoms with van der Waals surface area (Å²) in [6, 6.07) is 6.13. The van der Waals surface area contributed by atoms with Gasteiger partial charge in [0.2, 0.25) is 0 Å². The van der Waals surface area contributed by atoms with E-state index in [2.05, 4.69) is 19.2 Å². The zero-order valence-corrected chi connectivity index (χ0v) is 10.8. The van der Waals surface area contributed by atoms with E-state index in [0.29, 0.717) is 5.92 Å². The van der Waals surface area contributed by atoms with Crippen LogP contribution in [0.2, 0.25) is 0 Å². The Hall–Kier alpha value is -1.31. The van der Waals surface area contributed by atoms with Crippen LogP contribution in [0, 0.1) is 19.8 Å². The Kier molecular flexibility index (Phi) is 4.11. The molecule has 0 aliphatic heterocycles. The van der Waals surface area contributed by atoms with Crippen LogP contribution in [-0.2, 0) is 0 Å². The number of hydrogen-bond acceptors (Lipinski definition) is 1. The van der Waals surface area contributed by atoms with Crippen LogP contribution in [-0.4, -0.2) is 11.9 Å². The Balaban J connectivity index is 2.89. The van der Waals surface area contributed by atoms with Crippen molar-refractivity contribution in [3.63, 3.8) is 0 Å². The SMILES string of the molecule is Cc1cccc(C)c1C(=O)NC(C)C(C)C. The molecule has 0 radical (unpaired) electrons. The van der Waals surface area contributed by atoms with Gasteiger partial charge in [0, 0.05) is 11.6 Å². The maximum Gasteiger partial charge on any atom is 0.252 e. The molecule has 1 atom stereocenters. The smallest absolute Gasteiger partial charge is 0.252 e. The van der Waals surface area contributed by atoms with E-state index < -0.39 is 0 Å². The fraction of sp³-hybridized carbons (Fsp3) is 0.500. The third kappa shape index (κ3) is 2.84. The highest BCUT2D eigenvalue weighted by Gasteiger charge is 2.15. The number of hydrogen-bond donors (Lipinski definition) is 1. The van der Waals surface area contributed by atoms with Crippen LogP contribution in [0.4, 0.5) is 0 Å². The second-order valence-corrected chi connectivity index (χ2v) is 4.77. The lowest BCUT2D eigenvalue weighted by molar-refractivity contribution is 0.0929. The molecule has 2 heteroatoms. The molecule has 0 bridgehead atoms. The summed E-state index contributed by atoms with van der Waals surface area (Å²) < 4.78 is 0. The number of nitrogens with one attached hydrogen (secondary N) is 1. The lowest BCUT2D eigenvalue weighted by Gasteiger charge is -2.19. The highest BCUT2D eigenvalue weighted by atomic mass is 16.1. The number of carbonyl (C=O) groups excluding carboxylic acids is 1. The Labute approximate surface area is 98.1 Å². The minimum atomic E-state index is 0.0387. The Morgan fingerprint density at radius 1 is 1.12 bits per heavy atom. The molecule has 0 aliphatic rings. The molecule has 1 aromatic carbocycles. The Morgan fingerprint density at radius 2 is 1.62 bits per heavy atom. The predicted octanol–water partition coefficient (Wildman–Crippen LogP) is 3.08. The van der Waals surface area contributed by atoms with Gasteiger partial charge in [-0.3, -0.25) is 4.79 Å². The fourth-order valence-electron chi connectivity index (χ4n) is 1.62. The normalized spacial score (nSPS) is 12.6. The molecule has 0 spiro atoms. The maximum atomic E-state index is 12.1. The number of carbonyl (C=O) groups is 1. The average molecular weight is 219 g/mol. The second-order valence-electron chi connectivity index (χ2n) is 4.77. The minimum absolute atomic E-state index is 0.0387. The van der Waals surface area contributed by atoms with Gasteiger partial charge in [-0.15, -0.1) is 0 Å². The van der Waals surface area contributed by atoms with Crippen molar-refractivity contribution in [2.45, 2.75) is 40.7 Å². The summed E-state index contributed by atoms with van der Waals surface area (Å²) in [5.74, 6) is 0.491. The molecule has 16 heavy (non-hydrogen) atoms. The number of rotatable bonds is 3. The molecule has 1 amide bonds. The first-order valence-electron chi connectivity index (χ1n) is 5.80. The van der Waals surface area contributed by atoms with Gasteiger partial charge in [0.25, 0.3) is 5.91 Å². The van der Waals surface area contributed by atoms with E-state index in [9.17, 15) is 4.79 Å². The zero-order valence-electron chi connectivity index (χ0n) is 10.8. The van der Waals surface area contributed by atoms with Crippen LogP contribution in [0.15, 0.2) is 18.2 Å². The summed E-state index contributed by atoms with van der Waals surface area (Å²) in [5, 5.41) is 3.04. The molecular formula is C14H21NO. The van der Waals surface area contributed by atoms with Crippen molar-refractivity contribution < 1.29 is 4.79 Å². The first kappa shape index (κ1) is 12.8. The van der Waals surface area contributed by atoms with Crippen molar-refractivity contribution in [3.05, 3.63) is 34.9 Å². The summed E-state index contributed by atoms with van der Waals surface area (Å²) in [6.45, 7) is 10.2. The molecule has 0 heterocycles. The Morgan fingerprint density at radius 3 is 2.06 bits per heavy atom. The molecule has 1 N–H and O–H groups in total. The van der Waals surface area contributed by atoms with E-state index in [1.807, 2.05) is 39.0 Å². The van der Waals surface area contributed by atoms with E-state index in [1.165, 1.54) is 0 Å². The van der Waals surface area contributed by atoms with Gasteiger partial charge in [-0.05, 0) is 37.8 Å². The summed E-state index contributed by atoms with van der Waals surface area (Å²) in [4.78, 5) is 12.1. The molecule has 2 nitrogen and oxygen atoms in total. The van der Waals surface area contributed by atoms with Crippen LogP contribution in [0.25, 0.3) is 0 Å². The lowest BCUT2D eigenvalue weighted by Crippen LogP contribution is -2.36. The van der Waals surface area contributed by atoms with Gasteiger partial charge in [-0.25, -0.2) is 0 Å². The van der Waals surface area contributed by atoms with Crippen LogP contribution in [0.3, 0.4) is 0 Å². The van der Waals surface area contributed by atoms with Crippen molar-refractivity contribution in [1.82, 2.24) is 5.32 Å². The molecule has 1 unspecified atom stereocenters. The van der Waals surface area contributed by atoms with Crippen molar-refractivity contribution in [2.75, 3.05) is 0 Å². The van der Waals surface area contributed by atoms with Gasteiger partial charge < -0.3 is 5.32 Å². The highest BCUT2D eigenvalue weighted by molar-refractivity contribution is 5.97. The third-order valence-corrected chi connectivity index (χ3v) is 3.07. The molecule has 0 aliphatic carbocycles. The van der Waals surface area contributed by atoms with E-state index >= 15 is 0 Å². The summed E-state index contributed by atoms with van der Waals surface area (Å²) in [7, 11) is 0. The molecule has 0 aromatic heterocycles. The minimum Gasteiger partial charge on any atom is -0.349 e. The van der Waals surface area contributed by atoms with Crippen molar-refractivity contribution in [1.29, 1.82) is 0 Å². The number of amides is 1. The summed E-state index contributed by atoms with van der Waals surface area (Å²) >= 11 is 0. The van der Waals surface area contributed by atoms with E-state index in [-0.39, 0.29) is 11.9 Å². The largest absolute Gasteiger partial charge is 0.349 e. The monoisotopic (exact) mass is 219 g/mol. The number of aryl methyl sites for hydroxylation is 2. The summed E-state index contributed by atoms with van der Waals surface area (Å²) in [5.41, 5.74) is 2.89. The van der Waals surface area contributed by atoms with Gasteiger partial charge in [0.1, 0.15) is 0 Å². The quantitative estimate of drug-likeness (QED) is 0.831. The van der Waals surface area contributed by atoms with E-state index in [0.717, 1.165) is 16.7 Å². The molecule has 0 saturated carbocycles. The van der Waals surface area contributed by atoms with Crippen molar-refractivity contribution in [2.24, 2.45) is 5.92 Å². The molecular weight excluding hydrogens is 198 g/mol. The van der Waals surface area contributed by atoms with Crippen LogP contribution in [0.1, 0.15) is 42.3 Å². The molecule has 0 fully saturated rings. The molecule has 88 valence electrons. The average Bonchev–Trinajstić information content (AvgIpc) is 2.16. The number of benzene rings is 1. The topological polar surface area (TPSA) is 29.1 Å².